The summed E-state index contributed by atoms with van der Waals surface area (Å²) in [5.74, 6) is -0.568. The molecule has 5 nitrogen and oxygen atoms in total. The van der Waals surface area contributed by atoms with Crippen LogP contribution in [0, 0.1) is 0 Å². The maximum atomic E-state index is 12.2. The lowest BCUT2D eigenvalue weighted by Gasteiger charge is -2.37. The van der Waals surface area contributed by atoms with E-state index in [9.17, 15) is 14.7 Å². The number of carbonyl (C=O) groups excluding carboxylic acids is 2. The summed E-state index contributed by atoms with van der Waals surface area (Å²) in [4.78, 5) is 25.1. The SMILES string of the molecule is CC(=O)N1CCCC(O)(C(=O)NCc2ccc(Cl)cc2)C1. The third-order valence-electron chi connectivity index (χ3n) is 3.71. The van der Waals surface area contributed by atoms with Crippen molar-refractivity contribution >= 4 is 23.4 Å². The second kappa shape index (κ2) is 6.45. The molecule has 0 spiro atoms. The summed E-state index contributed by atoms with van der Waals surface area (Å²) in [5.41, 5.74) is -0.605. The van der Waals surface area contributed by atoms with Gasteiger partial charge < -0.3 is 15.3 Å². The van der Waals surface area contributed by atoms with E-state index in [1.807, 2.05) is 12.1 Å². The predicted molar refractivity (Wildman–Crippen MR) is 79.7 cm³/mol. The zero-order valence-corrected chi connectivity index (χ0v) is 12.7. The van der Waals surface area contributed by atoms with E-state index in [0.29, 0.717) is 31.0 Å². The number of hydrogen-bond donors (Lipinski definition) is 2. The Hall–Kier alpha value is -1.59. The van der Waals surface area contributed by atoms with Gasteiger partial charge in [-0.25, -0.2) is 0 Å². The highest BCUT2D eigenvalue weighted by molar-refractivity contribution is 6.30. The molecule has 1 fully saturated rings. The van der Waals surface area contributed by atoms with Crippen LogP contribution in [-0.2, 0) is 16.1 Å². The van der Waals surface area contributed by atoms with E-state index >= 15 is 0 Å². The maximum Gasteiger partial charge on any atom is 0.254 e. The molecule has 2 amide bonds. The predicted octanol–water partition coefficient (Wildman–Crippen LogP) is 1.33. The van der Waals surface area contributed by atoms with Crippen molar-refractivity contribution in [2.75, 3.05) is 13.1 Å². The van der Waals surface area contributed by atoms with E-state index in [1.54, 1.807) is 12.1 Å². The minimum atomic E-state index is -1.50. The highest BCUT2D eigenvalue weighted by Gasteiger charge is 2.40. The molecule has 1 aliphatic heterocycles. The minimum absolute atomic E-state index is 0.0504. The van der Waals surface area contributed by atoms with Crippen LogP contribution in [0.15, 0.2) is 24.3 Å². The Morgan fingerprint density at radius 3 is 2.67 bits per heavy atom. The Morgan fingerprint density at radius 1 is 1.38 bits per heavy atom. The van der Waals surface area contributed by atoms with Gasteiger partial charge in [0.2, 0.25) is 5.91 Å². The topological polar surface area (TPSA) is 69.6 Å². The summed E-state index contributed by atoms with van der Waals surface area (Å²) in [7, 11) is 0. The molecule has 114 valence electrons. The number of hydrogen-bond acceptors (Lipinski definition) is 3. The van der Waals surface area contributed by atoms with E-state index < -0.39 is 11.5 Å². The number of β-amino-alcohol motifs (C(OH)–C–C–N with tert-alkyl or cyclic N) is 1. The van der Waals surface area contributed by atoms with Gasteiger partial charge in [0.1, 0.15) is 0 Å². The second-order valence-corrected chi connectivity index (χ2v) is 5.82. The number of carbonyl (C=O) groups is 2. The fourth-order valence-corrected chi connectivity index (χ4v) is 2.57. The van der Waals surface area contributed by atoms with Gasteiger partial charge in [-0.1, -0.05) is 23.7 Å². The molecule has 1 aliphatic rings. The van der Waals surface area contributed by atoms with Crippen LogP contribution in [0.2, 0.25) is 5.02 Å². The first-order chi connectivity index (χ1) is 9.90. The van der Waals surface area contributed by atoms with Gasteiger partial charge in [-0.05, 0) is 30.5 Å². The molecule has 0 saturated carbocycles. The lowest BCUT2D eigenvalue weighted by Crippen LogP contribution is -2.57. The van der Waals surface area contributed by atoms with Crippen LogP contribution in [-0.4, -0.2) is 40.5 Å². The molecule has 1 aromatic carbocycles. The largest absolute Gasteiger partial charge is 0.378 e. The number of benzene rings is 1. The van der Waals surface area contributed by atoms with Crippen LogP contribution in [0.1, 0.15) is 25.3 Å². The Bertz CT molecular complexity index is 532. The van der Waals surface area contributed by atoms with E-state index in [1.165, 1.54) is 11.8 Å². The van der Waals surface area contributed by atoms with Crippen LogP contribution in [0.4, 0.5) is 0 Å². The number of nitrogens with one attached hydrogen (secondary N) is 1. The number of rotatable bonds is 3. The van der Waals surface area contributed by atoms with E-state index in [2.05, 4.69) is 5.32 Å². The Kier molecular flexibility index (Phi) is 4.85. The number of amides is 2. The number of piperidine rings is 1. The van der Waals surface area contributed by atoms with Gasteiger partial charge in [0.15, 0.2) is 5.60 Å². The van der Waals surface area contributed by atoms with E-state index in [-0.39, 0.29) is 12.5 Å². The van der Waals surface area contributed by atoms with Crippen molar-refractivity contribution in [3.05, 3.63) is 34.9 Å². The average Bonchev–Trinajstić information content (AvgIpc) is 2.46. The van der Waals surface area contributed by atoms with Gasteiger partial charge in [-0.3, -0.25) is 9.59 Å². The van der Waals surface area contributed by atoms with Crippen molar-refractivity contribution in [2.45, 2.75) is 31.9 Å². The summed E-state index contributed by atoms with van der Waals surface area (Å²) >= 11 is 5.80. The lowest BCUT2D eigenvalue weighted by atomic mass is 9.91. The van der Waals surface area contributed by atoms with Crippen LogP contribution < -0.4 is 5.32 Å². The molecule has 1 aromatic rings. The fraction of sp³-hybridized carbons (Fsp3) is 0.467. The lowest BCUT2D eigenvalue weighted by molar-refractivity contribution is -0.150. The molecule has 1 saturated heterocycles. The summed E-state index contributed by atoms with van der Waals surface area (Å²) in [5, 5.41) is 13.8. The Morgan fingerprint density at radius 2 is 2.05 bits per heavy atom. The van der Waals surface area contributed by atoms with Crippen molar-refractivity contribution in [1.82, 2.24) is 10.2 Å². The first kappa shape index (κ1) is 15.8. The monoisotopic (exact) mass is 310 g/mol. The summed E-state index contributed by atoms with van der Waals surface area (Å²) in [6, 6.07) is 7.12. The fourth-order valence-electron chi connectivity index (χ4n) is 2.44. The van der Waals surface area contributed by atoms with Gasteiger partial charge in [0.25, 0.3) is 5.91 Å². The van der Waals surface area contributed by atoms with Crippen LogP contribution in [0.25, 0.3) is 0 Å². The van der Waals surface area contributed by atoms with Gasteiger partial charge >= 0.3 is 0 Å². The number of halogens is 1. The summed E-state index contributed by atoms with van der Waals surface area (Å²) in [6.07, 6.45) is 0.980. The van der Waals surface area contributed by atoms with Crippen molar-refractivity contribution in [3.8, 4) is 0 Å². The standard InChI is InChI=1S/C15H19ClN2O3/c1-11(19)18-8-2-7-15(21,10-18)14(20)17-9-12-3-5-13(16)6-4-12/h3-6,21H,2,7-10H2,1H3,(H,17,20). The van der Waals surface area contributed by atoms with Crippen LogP contribution in [0.3, 0.4) is 0 Å². The first-order valence-corrected chi connectivity index (χ1v) is 7.29. The summed E-state index contributed by atoms with van der Waals surface area (Å²) < 4.78 is 0. The van der Waals surface area contributed by atoms with Gasteiger partial charge in [0, 0.05) is 25.0 Å². The average molecular weight is 311 g/mol. The smallest absolute Gasteiger partial charge is 0.254 e. The molecular formula is C15H19ClN2O3. The Labute approximate surface area is 128 Å². The quantitative estimate of drug-likeness (QED) is 0.885. The molecule has 21 heavy (non-hydrogen) atoms. The molecule has 0 radical (unpaired) electrons. The molecule has 0 aromatic heterocycles. The normalized spacial score (nSPS) is 22.0. The van der Waals surface area contributed by atoms with Gasteiger partial charge in [0.05, 0.1) is 6.54 Å². The minimum Gasteiger partial charge on any atom is -0.378 e. The first-order valence-electron chi connectivity index (χ1n) is 6.91. The molecular weight excluding hydrogens is 292 g/mol. The second-order valence-electron chi connectivity index (χ2n) is 5.38. The zero-order chi connectivity index (χ0) is 15.5. The van der Waals surface area contributed by atoms with Crippen molar-refractivity contribution < 1.29 is 14.7 Å². The van der Waals surface area contributed by atoms with Gasteiger partial charge in [-0.15, -0.1) is 0 Å². The Balaban J connectivity index is 1.95. The van der Waals surface area contributed by atoms with Crippen molar-refractivity contribution in [2.24, 2.45) is 0 Å². The third kappa shape index (κ3) is 3.95. The van der Waals surface area contributed by atoms with E-state index in [0.717, 1.165) is 5.56 Å². The maximum absolute atomic E-state index is 12.2. The number of nitrogens with zero attached hydrogens (tertiary/aromatic N) is 1. The molecule has 2 rings (SSSR count). The number of likely N-dealkylation sites (tertiary alicyclic amines) is 1. The van der Waals surface area contributed by atoms with Crippen molar-refractivity contribution in [3.63, 3.8) is 0 Å². The molecule has 1 unspecified atom stereocenters. The zero-order valence-electron chi connectivity index (χ0n) is 11.9. The van der Waals surface area contributed by atoms with E-state index in [4.69, 9.17) is 11.6 Å². The summed E-state index contributed by atoms with van der Waals surface area (Å²) in [6.45, 7) is 2.40. The highest BCUT2D eigenvalue weighted by Crippen LogP contribution is 2.21. The molecule has 1 heterocycles. The molecule has 6 heteroatoms. The molecule has 2 N–H and O–H groups in total. The van der Waals surface area contributed by atoms with Gasteiger partial charge in [-0.2, -0.15) is 0 Å². The molecule has 0 bridgehead atoms. The van der Waals surface area contributed by atoms with Crippen LogP contribution in [0.5, 0.6) is 0 Å². The van der Waals surface area contributed by atoms with Crippen LogP contribution >= 0.6 is 11.6 Å². The molecule has 0 aliphatic carbocycles. The van der Waals surface area contributed by atoms with Crippen molar-refractivity contribution in [1.29, 1.82) is 0 Å². The highest BCUT2D eigenvalue weighted by atomic mass is 35.5. The number of aliphatic hydroxyl groups is 1. The third-order valence-corrected chi connectivity index (χ3v) is 3.96. The molecule has 1 atom stereocenters.